The van der Waals surface area contributed by atoms with Gasteiger partial charge in [0, 0.05) is 44.1 Å². The number of nitrogens with one attached hydrogen (secondary N) is 2. The van der Waals surface area contributed by atoms with Crippen LogP contribution in [0.25, 0.3) is 0 Å². The summed E-state index contributed by atoms with van der Waals surface area (Å²) in [7, 11) is 0. The van der Waals surface area contributed by atoms with E-state index in [-0.39, 0.29) is 45.2 Å². The zero-order valence-electron chi connectivity index (χ0n) is 25.5. The molecule has 1 heterocycles. The lowest BCUT2D eigenvalue weighted by Crippen LogP contribution is -2.62. The van der Waals surface area contributed by atoms with Gasteiger partial charge >= 0.3 is 6.03 Å². The summed E-state index contributed by atoms with van der Waals surface area (Å²) in [5.41, 5.74) is 3.95. The van der Waals surface area contributed by atoms with Crippen LogP contribution in [0.2, 0.25) is 0 Å². The Morgan fingerprint density at radius 2 is 1.68 bits per heavy atom. The number of hydrogen-bond acceptors (Lipinski definition) is 4. The highest BCUT2D eigenvalue weighted by Crippen LogP contribution is 2.75. The average molecular weight is 548 g/mol. The fourth-order valence-corrected chi connectivity index (χ4v) is 10.1. The lowest BCUT2D eigenvalue weighted by atomic mass is 9.34. The SMILES string of the molecule is CC1C(=O)C(=O)C=C2C1=CC=C1[C@@]2(C)CC[C@@]2(C)[C@@H]3C[C@](C)(CNC(=O)N4CCNCC4)CC[C@]3(C)CC[C@]12C. The first kappa shape index (κ1) is 27.9. The number of ketones is 2. The van der Waals surface area contributed by atoms with E-state index in [1.54, 1.807) is 6.08 Å². The summed E-state index contributed by atoms with van der Waals surface area (Å²) in [5, 5.41) is 6.66. The number of amides is 2. The topological polar surface area (TPSA) is 78.5 Å². The van der Waals surface area contributed by atoms with E-state index in [0.29, 0.717) is 11.3 Å². The fourth-order valence-electron chi connectivity index (χ4n) is 10.1. The van der Waals surface area contributed by atoms with Crippen molar-refractivity contribution in [3.8, 4) is 0 Å². The second kappa shape index (κ2) is 9.14. The molecule has 1 saturated heterocycles. The third kappa shape index (κ3) is 3.87. The lowest BCUT2D eigenvalue weighted by Gasteiger charge is -2.70. The van der Waals surface area contributed by atoms with E-state index in [1.165, 1.54) is 18.4 Å². The first-order chi connectivity index (χ1) is 18.8. The van der Waals surface area contributed by atoms with Crippen LogP contribution >= 0.6 is 0 Å². The van der Waals surface area contributed by atoms with Crippen molar-refractivity contribution in [1.82, 2.24) is 15.5 Å². The quantitative estimate of drug-likeness (QED) is 0.441. The van der Waals surface area contributed by atoms with Crippen LogP contribution in [0.3, 0.4) is 0 Å². The molecular formula is C34H49N3O3. The molecule has 7 atom stereocenters. The van der Waals surface area contributed by atoms with Crippen LogP contribution in [0.5, 0.6) is 0 Å². The minimum atomic E-state index is -0.353. The Hall–Kier alpha value is -2.21. The van der Waals surface area contributed by atoms with Crippen LogP contribution < -0.4 is 10.6 Å². The molecule has 0 aromatic carbocycles. The third-order valence-electron chi connectivity index (χ3n) is 13.2. The highest BCUT2D eigenvalue weighted by atomic mass is 16.2. The largest absolute Gasteiger partial charge is 0.337 e. The second-order valence-corrected chi connectivity index (χ2v) is 15.4. The third-order valence-corrected chi connectivity index (χ3v) is 13.2. The normalized spacial score (nSPS) is 44.8. The fraction of sp³-hybridized carbons (Fsp3) is 0.735. The van der Waals surface area contributed by atoms with Gasteiger partial charge < -0.3 is 15.5 Å². The van der Waals surface area contributed by atoms with Crippen LogP contribution in [0.1, 0.15) is 86.5 Å². The molecular weight excluding hydrogens is 498 g/mol. The molecule has 0 aromatic rings. The molecule has 0 bridgehead atoms. The Labute approximate surface area is 240 Å². The molecule has 2 amide bonds. The molecule has 6 nitrogen and oxygen atoms in total. The maximum Gasteiger partial charge on any atom is 0.317 e. The Morgan fingerprint density at radius 1 is 0.975 bits per heavy atom. The molecule has 5 aliphatic carbocycles. The minimum Gasteiger partial charge on any atom is -0.337 e. The molecule has 6 heteroatoms. The maximum absolute atomic E-state index is 13.0. The molecule has 0 spiro atoms. The van der Waals surface area contributed by atoms with E-state index in [2.05, 4.69) is 57.4 Å². The number of piperazine rings is 1. The second-order valence-electron chi connectivity index (χ2n) is 15.4. The average Bonchev–Trinajstić information content (AvgIpc) is 2.94. The Balaban J connectivity index is 1.30. The van der Waals surface area contributed by atoms with E-state index in [9.17, 15) is 14.4 Å². The molecule has 0 radical (unpaired) electrons. The molecule has 40 heavy (non-hydrogen) atoms. The molecule has 2 N–H and O–H groups in total. The summed E-state index contributed by atoms with van der Waals surface area (Å²) in [6.07, 6.45) is 14.2. The molecule has 4 fully saturated rings. The van der Waals surface area contributed by atoms with Gasteiger partial charge in [-0.05, 0) is 89.7 Å². The highest BCUT2D eigenvalue weighted by Gasteiger charge is 2.66. The zero-order chi connectivity index (χ0) is 28.7. The van der Waals surface area contributed by atoms with Gasteiger partial charge in [-0.25, -0.2) is 4.79 Å². The Kier molecular flexibility index (Phi) is 6.39. The Morgan fingerprint density at radius 3 is 2.40 bits per heavy atom. The van der Waals surface area contributed by atoms with Gasteiger partial charge in [0.25, 0.3) is 0 Å². The standard InChI is InChI=1S/C34H49N3O3/c1-22-23-7-8-26-32(4,24(23)19-25(38)28(22)39)12-14-34(6)27-20-30(2,9-10-31(27,3)11-13-33(26,34)5)21-36-29(40)37-17-15-35-16-18-37/h7-8,19,22,27,35H,9-18,20-21H2,1-6H3,(H,36,40)/t22?,27-,30-,31-,32+,33-,34+/m1/s1. The number of carbonyl (C=O) groups excluding carboxylic acids is 3. The van der Waals surface area contributed by atoms with Crippen molar-refractivity contribution in [2.75, 3.05) is 32.7 Å². The summed E-state index contributed by atoms with van der Waals surface area (Å²) in [5.74, 6) is -0.399. The van der Waals surface area contributed by atoms with Gasteiger partial charge in [-0.15, -0.1) is 0 Å². The van der Waals surface area contributed by atoms with Crippen LogP contribution in [-0.4, -0.2) is 55.2 Å². The Bertz CT molecular complexity index is 1240. The molecule has 3 saturated carbocycles. The first-order valence-electron chi connectivity index (χ1n) is 15.7. The van der Waals surface area contributed by atoms with Gasteiger partial charge in [0.05, 0.1) is 0 Å². The first-order valence-corrected chi connectivity index (χ1v) is 15.7. The predicted octanol–water partition coefficient (Wildman–Crippen LogP) is 5.60. The van der Waals surface area contributed by atoms with Gasteiger partial charge in [0.1, 0.15) is 0 Å². The number of rotatable bonds is 2. The van der Waals surface area contributed by atoms with E-state index in [4.69, 9.17) is 0 Å². The smallest absolute Gasteiger partial charge is 0.317 e. The maximum atomic E-state index is 13.0. The van der Waals surface area contributed by atoms with Gasteiger partial charge in [-0.3, -0.25) is 9.59 Å². The molecule has 0 aromatic heterocycles. The molecule has 1 aliphatic heterocycles. The zero-order valence-corrected chi connectivity index (χ0v) is 25.5. The van der Waals surface area contributed by atoms with Crippen molar-refractivity contribution in [3.05, 3.63) is 34.9 Å². The molecule has 6 rings (SSSR count). The lowest BCUT2D eigenvalue weighted by molar-refractivity contribution is -0.160. The summed E-state index contributed by atoms with van der Waals surface area (Å²) in [6.45, 7) is 18.3. The summed E-state index contributed by atoms with van der Waals surface area (Å²) in [6, 6.07) is 0.0853. The van der Waals surface area contributed by atoms with Crippen molar-refractivity contribution < 1.29 is 14.4 Å². The van der Waals surface area contributed by atoms with Crippen LogP contribution in [0, 0.1) is 38.9 Å². The van der Waals surface area contributed by atoms with E-state index < -0.39 is 0 Å². The van der Waals surface area contributed by atoms with E-state index in [1.807, 2.05) is 11.8 Å². The molecule has 218 valence electrons. The van der Waals surface area contributed by atoms with Crippen LogP contribution in [-0.2, 0) is 9.59 Å². The number of allylic oxidation sites excluding steroid dienone is 6. The number of carbonyl (C=O) groups is 3. The van der Waals surface area contributed by atoms with Gasteiger partial charge in [-0.2, -0.15) is 0 Å². The minimum absolute atomic E-state index is 0.0170. The van der Waals surface area contributed by atoms with Crippen molar-refractivity contribution in [2.45, 2.75) is 86.5 Å². The summed E-state index contributed by atoms with van der Waals surface area (Å²) < 4.78 is 0. The number of urea groups is 1. The van der Waals surface area contributed by atoms with Gasteiger partial charge in [0.15, 0.2) is 0 Å². The highest BCUT2D eigenvalue weighted by molar-refractivity contribution is 6.44. The van der Waals surface area contributed by atoms with Gasteiger partial charge in [0.2, 0.25) is 11.6 Å². The molecule has 1 unspecified atom stereocenters. The number of fused-ring (bicyclic) bond motifs is 7. The number of Topliss-reactive ketones (excluding diaryl/α,β-unsaturated/α-hetero) is 1. The number of nitrogens with zero attached hydrogens (tertiary/aromatic N) is 1. The van der Waals surface area contributed by atoms with Crippen molar-refractivity contribution in [3.63, 3.8) is 0 Å². The molecule has 6 aliphatic rings. The predicted molar refractivity (Wildman–Crippen MR) is 158 cm³/mol. The van der Waals surface area contributed by atoms with Crippen molar-refractivity contribution in [2.24, 2.45) is 38.9 Å². The van der Waals surface area contributed by atoms with Crippen molar-refractivity contribution in [1.29, 1.82) is 0 Å². The van der Waals surface area contributed by atoms with E-state index in [0.717, 1.165) is 76.0 Å². The van der Waals surface area contributed by atoms with Gasteiger partial charge in [-0.1, -0.05) is 59.3 Å². The monoisotopic (exact) mass is 547 g/mol. The summed E-state index contributed by atoms with van der Waals surface area (Å²) in [4.78, 5) is 40.2. The van der Waals surface area contributed by atoms with Crippen molar-refractivity contribution >= 4 is 17.6 Å². The van der Waals surface area contributed by atoms with E-state index >= 15 is 0 Å². The van der Waals surface area contributed by atoms with Crippen LogP contribution in [0.4, 0.5) is 4.79 Å². The number of hydrogen-bond donors (Lipinski definition) is 2. The van der Waals surface area contributed by atoms with Crippen LogP contribution in [0.15, 0.2) is 34.9 Å². The summed E-state index contributed by atoms with van der Waals surface area (Å²) >= 11 is 0.